The fourth-order valence-electron chi connectivity index (χ4n) is 2.51. The number of methoxy groups -OCH3 is 1. The number of hydrogen-bond donors (Lipinski definition) is 0. The maximum atomic E-state index is 5.90. The van der Waals surface area contributed by atoms with Crippen LogP contribution in [0, 0.1) is 0 Å². The van der Waals surface area contributed by atoms with Crippen LogP contribution in [-0.4, -0.2) is 22.5 Å². The van der Waals surface area contributed by atoms with Crippen LogP contribution in [-0.2, 0) is 13.0 Å². The van der Waals surface area contributed by atoms with Gasteiger partial charge < -0.3 is 9.30 Å². The SMILES string of the molecule is CCCCCCn1c(CCCl)nc2cc(OC)ccc21. The molecule has 0 spiro atoms. The largest absolute Gasteiger partial charge is 0.497 e. The molecule has 0 atom stereocenters. The topological polar surface area (TPSA) is 27.1 Å². The number of aryl methyl sites for hydroxylation is 2. The van der Waals surface area contributed by atoms with Crippen LogP contribution in [0.5, 0.6) is 5.75 Å². The van der Waals surface area contributed by atoms with E-state index in [9.17, 15) is 0 Å². The fraction of sp³-hybridized carbons (Fsp3) is 0.562. The number of rotatable bonds is 8. The van der Waals surface area contributed by atoms with Crippen LogP contribution >= 0.6 is 11.6 Å². The van der Waals surface area contributed by atoms with Crippen molar-refractivity contribution in [3.05, 3.63) is 24.0 Å². The van der Waals surface area contributed by atoms with Crippen molar-refractivity contribution in [3.8, 4) is 5.75 Å². The van der Waals surface area contributed by atoms with Gasteiger partial charge in [-0.3, -0.25) is 0 Å². The Morgan fingerprint density at radius 1 is 1.25 bits per heavy atom. The highest BCUT2D eigenvalue weighted by atomic mass is 35.5. The highest BCUT2D eigenvalue weighted by Gasteiger charge is 2.10. The van der Waals surface area contributed by atoms with Crippen molar-refractivity contribution in [1.29, 1.82) is 0 Å². The number of nitrogens with zero attached hydrogens (tertiary/aromatic N) is 2. The average Bonchev–Trinajstić information content (AvgIpc) is 2.80. The van der Waals surface area contributed by atoms with E-state index in [2.05, 4.69) is 17.6 Å². The molecule has 0 saturated carbocycles. The van der Waals surface area contributed by atoms with Gasteiger partial charge in [0.2, 0.25) is 0 Å². The Morgan fingerprint density at radius 3 is 2.80 bits per heavy atom. The van der Waals surface area contributed by atoms with Crippen LogP contribution in [0.3, 0.4) is 0 Å². The molecule has 2 aromatic rings. The first kappa shape index (κ1) is 15.2. The number of halogens is 1. The van der Waals surface area contributed by atoms with Crippen molar-refractivity contribution in [3.63, 3.8) is 0 Å². The van der Waals surface area contributed by atoms with Crippen molar-refractivity contribution in [1.82, 2.24) is 9.55 Å². The summed E-state index contributed by atoms with van der Waals surface area (Å²) in [6.07, 6.45) is 5.83. The highest BCUT2D eigenvalue weighted by Crippen LogP contribution is 2.23. The molecule has 0 bridgehead atoms. The summed E-state index contributed by atoms with van der Waals surface area (Å²) in [6.45, 7) is 3.26. The molecule has 1 aromatic heterocycles. The molecule has 3 nitrogen and oxygen atoms in total. The maximum Gasteiger partial charge on any atom is 0.121 e. The van der Waals surface area contributed by atoms with Gasteiger partial charge in [-0.05, 0) is 18.6 Å². The van der Waals surface area contributed by atoms with Crippen LogP contribution in [0.15, 0.2) is 18.2 Å². The molecule has 0 aliphatic carbocycles. The first-order chi connectivity index (χ1) is 9.80. The molecule has 0 fully saturated rings. The minimum atomic E-state index is 0.607. The van der Waals surface area contributed by atoms with Crippen LogP contribution in [0.1, 0.15) is 38.4 Å². The van der Waals surface area contributed by atoms with Crippen LogP contribution < -0.4 is 4.74 Å². The number of benzene rings is 1. The van der Waals surface area contributed by atoms with Gasteiger partial charge in [0, 0.05) is 24.9 Å². The lowest BCUT2D eigenvalue weighted by Gasteiger charge is -2.08. The van der Waals surface area contributed by atoms with E-state index in [1.54, 1.807) is 7.11 Å². The third-order valence-corrected chi connectivity index (χ3v) is 3.78. The summed E-state index contributed by atoms with van der Waals surface area (Å²) < 4.78 is 7.58. The van der Waals surface area contributed by atoms with Gasteiger partial charge in [-0.1, -0.05) is 26.2 Å². The average molecular weight is 295 g/mol. The normalized spacial score (nSPS) is 11.2. The standard InChI is InChI=1S/C16H23ClN2O/c1-3-4-5-6-11-19-15-8-7-13(20-2)12-14(15)18-16(19)9-10-17/h7-8,12H,3-6,9-11H2,1-2H3. The maximum absolute atomic E-state index is 5.90. The Bertz CT molecular complexity index is 551. The molecule has 1 aromatic carbocycles. The van der Waals surface area contributed by atoms with E-state index in [0.29, 0.717) is 5.88 Å². The van der Waals surface area contributed by atoms with E-state index < -0.39 is 0 Å². The second kappa shape index (κ2) is 7.53. The summed E-state index contributed by atoms with van der Waals surface area (Å²) >= 11 is 5.90. The zero-order valence-electron chi connectivity index (χ0n) is 12.4. The number of unbranched alkanes of at least 4 members (excludes halogenated alkanes) is 3. The summed E-state index contributed by atoms with van der Waals surface area (Å²) in [6, 6.07) is 6.09. The van der Waals surface area contributed by atoms with Crippen LogP contribution in [0.4, 0.5) is 0 Å². The second-order valence-electron chi connectivity index (χ2n) is 5.03. The molecule has 0 radical (unpaired) electrons. The van der Waals surface area contributed by atoms with Gasteiger partial charge in [-0.15, -0.1) is 11.6 Å². The number of ether oxygens (including phenoxy) is 1. The number of hydrogen-bond acceptors (Lipinski definition) is 2. The Hall–Kier alpha value is -1.22. The number of aromatic nitrogens is 2. The van der Waals surface area contributed by atoms with E-state index in [0.717, 1.165) is 30.1 Å². The third-order valence-electron chi connectivity index (χ3n) is 3.59. The zero-order chi connectivity index (χ0) is 14.4. The first-order valence-corrected chi connectivity index (χ1v) is 7.92. The molecule has 0 N–H and O–H groups in total. The molecule has 4 heteroatoms. The number of imidazole rings is 1. The lowest BCUT2D eigenvalue weighted by Crippen LogP contribution is -2.05. The number of alkyl halides is 1. The van der Waals surface area contributed by atoms with Gasteiger partial charge in [0.1, 0.15) is 11.6 Å². The molecule has 0 amide bonds. The Morgan fingerprint density at radius 2 is 2.10 bits per heavy atom. The van der Waals surface area contributed by atoms with E-state index in [4.69, 9.17) is 21.3 Å². The summed E-state index contributed by atoms with van der Waals surface area (Å²) in [5.74, 6) is 2.54. The summed E-state index contributed by atoms with van der Waals surface area (Å²) in [5, 5.41) is 0. The molecule has 0 unspecified atom stereocenters. The molecular weight excluding hydrogens is 272 g/mol. The Labute approximate surface area is 125 Å². The molecule has 0 aliphatic rings. The molecule has 2 rings (SSSR count). The van der Waals surface area contributed by atoms with Crippen molar-refractivity contribution in [2.75, 3.05) is 13.0 Å². The van der Waals surface area contributed by atoms with Crippen molar-refractivity contribution < 1.29 is 4.74 Å². The Kier molecular flexibility index (Phi) is 5.72. The fourth-order valence-corrected chi connectivity index (χ4v) is 2.68. The van der Waals surface area contributed by atoms with E-state index in [1.807, 2.05) is 12.1 Å². The van der Waals surface area contributed by atoms with Crippen molar-refractivity contribution >= 4 is 22.6 Å². The monoisotopic (exact) mass is 294 g/mol. The molecule has 20 heavy (non-hydrogen) atoms. The van der Waals surface area contributed by atoms with E-state index in [1.165, 1.54) is 31.2 Å². The second-order valence-corrected chi connectivity index (χ2v) is 5.41. The number of fused-ring (bicyclic) bond motifs is 1. The van der Waals surface area contributed by atoms with Gasteiger partial charge in [0.15, 0.2) is 0 Å². The third kappa shape index (κ3) is 3.45. The van der Waals surface area contributed by atoms with Gasteiger partial charge in [0.25, 0.3) is 0 Å². The van der Waals surface area contributed by atoms with Crippen LogP contribution in [0.2, 0.25) is 0 Å². The quantitative estimate of drug-likeness (QED) is 0.533. The summed E-state index contributed by atoms with van der Waals surface area (Å²) in [5.41, 5.74) is 2.18. The summed E-state index contributed by atoms with van der Waals surface area (Å²) in [7, 11) is 1.68. The first-order valence-electron chi connectivity index (χ1n) is 7.39. The molecule has 0 saturated heterocycles. The lowest BCUT2D eigenvalue weighted by molar-refractivity contribution is 0.415. The predicted molar refractivity (Wildman–Crippen MR) is 84.9 cm³/mol. The minimum absolute atomic E-state index is 0.607. The Balaban J connectivity index is 2.25. The molecule has 1 heterocycles. The minimum Gasteiger partial charge on any atom is -0.497 e. The van der Waals surface area contributed by atoms with Gasteiger partial charge in [0.05, 0.1) is 18.1 Å². The molecule has 110 valence electrons. The smallest absolute Gasteiger partial charge is 0.121 e. The van der Waals surface area contributed by atoms with Crippen LogP contribution in [0.25, 0.3) is 11.0 Å². The van der Waals surface area contributed by atoms with Gasteiger partial charge >= 0.3 is 0 Å². The zero-order valence-corrected chi connectivity index (χ0v) is 13.1. The van der Waals surface area contributed by atoms with E-state index in [-0.39, 0.29) is 0 Å². The van der Waals surface area contributed by atoms with Crippen molar-refractivity contribution in [2.24, 2.45) is 0 Å². The molecular formula is C16H23ClN2O. The molecule has 0 aliphatic heterocycles. The van der Waals surface area contributed by atoms with Crippen molar-refractivity contribution in [2.45, 2.75) is 45.6 Å². The highest BCUT2D eigenvalue weighted by molar-refractivity contribution is 6.17. The van der Waals surface area contributed by atoms with Gasteiger partial charge in [-0.2, -0.15) is 0 Å². The lowest BCUT2D eigenvalue weighted by atomic mass is 10.2. The van der Waals surface area contributed by atoms with Gasteiger partial charge in [-0.25, -0.2) is 4.98 Å². The van der Waals surface area contributed by atoms with E-state index >= 15 is 0 Å². The predicted octanol–water partition coefficient (Wildman–Crippen LogP) is 4.41. The summed E-state index contributed by atoms with van der Waals surface area (Å²) in [4.78, 5) is 4.71.